The molecule has 1 amide bonds. The summed E-state index contributed by atoms with van der Waals surface area (Å²) in [7, 11) is 1.61. The van der Waals surface area contributed by atoms with Crippen molar-refractivity contribution >= 4 is 28.7 Å². The lowest BCUT2D eigenvalue weighted by Crippen LogP contribution is -2.30. The number of para-hydroxylation sites is 1. The number of aromatic nitrogens is 4. The van der Waals surface area contributed by atoms with E-state index < -0.39 is 0 Å². The third kappa shape index (κ3) is 3.96. The van der Waals surface area contributed by atoms with Crippen LogP contribution in [0.2, 0.25) is 0 Å². The molecule has 34 heavy (non-hydrogen) atoms. The summed E-state index contributed by atoms with van der Waals surface area (Å²) < 4.78 is 8.71. The van der Waals surface area contributed by atoms with Crippen LogP contribution < -0.4 is 15.6 Å². The van der Waals surface area contributed by atoms with Gasteiger partial charge in [0.2, 0.25) is 5.91 Å². The fourth-order valence-electron chi connectivity index (χ4n) is 4.33. The zero-order valence-corrected chi connectivity index (χ0v) is 20.1. The van der Waals surface area contributed by atoms with E-state index >= 15 is 0 Å². The van der Waals surface area contributed by atoms with E-state index in [-0.39, 0.29) is 23.9 Å². The van der Waals surface area contributed by atoms with Crippen LogP contribution in [-0.4, -0.2) is 38.1 Å². The zero-order valence-electron chi connectivity index (χ0n) is 19.2. The minimum atomic E-state index is -0.258. The van der Waals surface area contributed by atoms with Gasteiger partial charge in [-0.3, -0.25) is 14.2 Å². The molecular weight excluding hydrogens is 450 g/mol. The molecule has 1 aliphatic rings. The van der Waals surface area contributed by atoms with E-state index in [1.807, 2.05) is 50.2 Å². The molecule has 0 spiro atoms. The smallest absolute Gasteiger partial charge is 0.265 e. The maximum atomic E-state index is 13.4. The summed E-state index contributed by atoms with van der Waals surface area (Å²) in [6.45, 7) is 4.42. The predicted molar refractivity (Wildman–Crippen MR) is 132 cm³/mol. The number of methoxy groups -OCH3 is 1. The highest BCUT2D eigenvalue weighted by molar-refractivity contribution is 7.99. The van der Waals surface area contributed by atoms with Crippen LogP contribution in [0.3, 0.4) is 0 Å². The Balaban J connectivity index is 1.39. The van der Waals surface area contributed by atoms with Gasteiger partial charge in [-0.2, -0.15) is 5.10 Å². The number of hydrogen-bond acceptors (Lipinski definition) is 6. The lowest BCUT2D eigenvalue weighted by molar-refractivity contribution is -0.121. The summed E-state index contributed by atoms with van der Waals surface area (Å²) in [4.78, 5) is 30.8. The molecule has 5 rings (SSSR count). The number of carbonyl (C=O) groups is 1. The van der Waals surface area contributed by atoms with Crippen molar-refractivity contribution in [1.29, 1.82) is 0 Å². The number of nitrogens with one attached hydrogen (secondary N) is 1. The lowest BCUT2D eigenvalue weighted by atomic mass is 10.1. The molecule has 0 saturated heterocycles. The molecular formula is C25H25N5O3S. The first kappa shape index (κ1) is 22.2. The molecule has 8 nitrogen and oxygen atoms in total. The van der Waals surface area contributed by atoms with E-state index in [0.29, 0.717) is 28.5 Å². The first-order chi connectivity index (χ1) is 16.5. The van der Waals surface area contributed by atoms with Gasteiger partial charge in [0.05, 0.1) is 25.0 Å². The molecule has 0 saturated carbocycles. The van der Waals surface area contributed by atoms with E-state index in [1.54, 1.807) is 22.6 Å². The number of rotatable bonds is 6. The Kier molecular flexibility index (Phi) is 5.87. The summed E-state index contributed by atoms with van der Waals surface area (Å²) >= 11 is 1.49. The molecule has 0 aliphatic carbocycles. The molecule has 0 radical (unpaired) electrons. The van der Waals surface area contributed by atoms with Gasteiger partial charge in [0.1, 0.15) is 11.1 Å². The largest absolute Gasteiger partial charge is 0.496 e. The van der Waals surface area contributed by atoms with Gasteiger partial charge in [-0.15, -0.1) is 0 Å². The van der Waals surface area contributed by atoms with Gasteiger partial charge in [-0.25, -0.2) is 9.67 Å². The Morgan fingerprint density at radius 2 is 2.06 bits per heavy atom. The van der Waals surface area contributed by atoms with Crippen LogP contribution in [-0.2, 0) is 11.3 Å². The van der Waals surface area contributed by atoms with E-state index in [9.17, 15) is 9.59 Å². The fourth-order valence-corrected chi connectivity index (χ4v) is 5.46. The van der Waals surface area contributed by atoms with Crippen molar-refractivity contribution in [3.63, 3.8) is 0 Å². The number of aryl methyl sites for hydroxylation is 2. The standard InChI is InChI=1S/C25H25N5O3S/c1-15-8-9-20(16(2)10-15)30-23-19(13-27-30)24(32)29-18(14-34-25(29)28-23)11-22(31)26-12-17-6-4-5-7-21(17)33-3/h4-10,13,18H,11-12,14H2,1-3H3,(H,26,31). The second-order valence-corrected chi connectivity index (χ2v) is 9.40. The Labute approximate surface area is 201 Å². The second kappa shape index (κ2) is 8.98. The number of fused-ring (bicyclic) bond motifs is 2. The molecule has 0 bridgehead atoms. The van der Waals surface area contributed by atoms with Gasteiger partial charge >= 0.3 is 0 Å². The van der Waals surface area contributed by atoms with Crippen LogP contribution >= 0.6 is 11.8 Å². The number of carbonyl (C=O) groups excluding carboxylic acids is 1. The van der Waals surface area contributed by atoms with Gasteiger partial charge < -0.3 is 10.1 Å². The van der Waals surface area contributed by atoms with Crippen molar-refractivity contribution in [3.05, 3.63) is 75.7 Å². The van der Waals surface area contributed by atoms with E-state index in [4.69, 9.17) is 9.72 Å². The molecule has 2 aromatic heterocycles. The first-order valence-electron chi connectivity index (χ1n) is 11.1. The summed E-state index contributed by atoms with van der Waals surface area (Å²) in [5, 5.41) is 8.47. The van der Waals surface area contributed by atoms with Crippen molar-refractivity contribution in [1.82, 2.24) is 24.6 Å². The topological polar surface area (TPSA) is 91.0 Å². The van der Waals surface area contributed by atoms with Gasteiger partial charge in [0.25, 0.3) is 5.56 Å². The van der Waals surface area contributed by atoms with Crippen LogP contribution in [0.5, 0.6) is 5.75 Å². The Bertz CT molecular complexity index is 1460. The molecule has 2 aromatic carbocycles. The van der Waals surface area contributed by atoms with Gasteiger partial charge in [-0.1, -0.05) is 47.7 Å². The molecule has 1 unspecified atom stereocenters. The maximum absolute atomic E-state index is 13.4. The van der Waals surface area contributed by atoms with Crippen LogP contribution in [0.25, 0.3) is 16.7 Å². The highest BCUT2D eigenvalue weighted by Gasteiger charge is 2.29. The molecule has 0 fully saturated rings. The summed E-state index contributed by atoms with van der Waals surface area (Å²) in [5.74, 6) is 1.23. The van der Waals surface area contributed by atoms with Gasteiger partial charge in [-0.05, 0) is 31.5 Å². The number of ether oxygens (including phenoxy) is 1. The maximum Gasteiger partial charge on any atom is 0.265 e. The van der Waals surface area contributed by atoms with Crippen molar-refractivity contribution in [3.8, 4) is 11.4 Å². The van der Waals surface area contributed by atoms with Crippen LogP contribution in [0, 0.1) is 13.8 Å². The highest BCUT2D eigenvalue weighted by atomic mass is 32.2. The average molecular weight is 476 g/mol. The number of benzene rings is 2. The number of amides is 1. The van der Waals surface area contributed by atoms with E-state index in [0.717, 1.165) is 28.1 Å². The van der Waals surface area contributed by atoms with Gasteiger partial charge in [0.15, 0.2) is 10.8 Å². The monoisotopic (exact) mass is 475 g/mol. The number of hydrogen-bond donors (Lipinski definition) is 1. The zero-order chi connectivity index (χ0) is 23.8. The van der Waals surface area contributed by atoms with E-state index in [1.165, 1.54) is 11.8 Å². The minimum absolute atomic E-state index is 0.123. The summed E-state index contributed by atoms with van der Waals surface area (Å²) in [6, 6.07) is 13.4. The first-order valence-corrected chi connectivity index (χ1v) is 12.0. The Hall–Kier alpha value is -3.59. The molecule has 4 aromatic rings. The fraction of sp³-hybridized carbons (Fsp3) is 0.280. The quantitative estimate of drug-likeness (QED) is 0.429. The molecule has 174 valence electrons. The van der Waals surface area contributed by atoms with E-state index in [2.05, 4.69) is 16.5 Å². The van der Waals surface area contributed by atoms with Gasteiger partial charge in [0, 0.05) is 24.3 Å². The summed E-state index contributed by atoms with van der Waals surface area (Å²) in [6.07, 6.45) is 1.77. The van der Waals surface area contributed by atoms with Crippen LogP contribution in [0.4, 0.5) is 0 Å². The number of thioether (sulfide) groups is 1. The summed E-state index contributed by atoms with van der Waals surface area (Å²) in [5.41, 5.74) is 4.39. The molecule has 1 atom stereocenters. The predicted octanol–water partition coefficient (Wildman–Crippen LogP) is 3.56. The third-order valence-corrected chi connectivity index (χ3v) is 7.14. The Morgan fingerprint density at radius 1 is 1.24 bits per heavy atom. The molecule has 1 N–H and O–H groups in total. The SMILES string of the molecule is COc1ccccc1CNC(=O)CC1CSc2nc3c(cnn3-c3ccc(C)cc3C)c(=O)n21. The van der Waals surface area contributed by atoms with Crippen molar-refractivity contribution in [2.24, 2.45) is 0 Å². The minimum Gasteiger partial charge on any atom is -0.496 e. The van der Waals surface area contributed by atoms with Crippen molar-refractivity contribution < 1.29 is 9.53 Å². The van der Waals surface area contributed by atoms with Crippen LogP contribution in [0.15, 0.2) is 58.6 Å². The molecule has 9 heteroatoms. The molecule has 1 aliphatic heterocycles. The number of nitrogens with zero attached hydrogens (tertiary/aromatic N) is 4. The third-order valence-electron chi connectivity index (χ3n) is 6.04. The average Bonchev–Trinajstić information content (AvgIpc) is 3.43. The second-order valence-electron chi connectivity index (χ2n) is 8.41. The van der Waals surface area contributed by atoms with Crippen molar-refractivity contribution in [2.45, 2.75) is 38.0 Å². The highest BCUT2D eigenvalue weighted by Crippen LogP contribution is 2.33. The van der Waals surface area contributed by atoms with Crippen LogP contribution in [0.1, 0.15) is 29.2 Å². The van der Waals surface area contributed by atoms with Crippen molar-refractivity contribution in [2.75, 3.05) is 12.9 Å². The lowest BCUT2D eigenvalue weighted by Gasteiger charge is -2.14. The molecule has 3 heterocycles. The normalized spacial score (nSPS) is 14.9. The Morgan fingerprint density at radius 3 is 2.85 bits per heavy atom.